The van der Waals surface area contributed by atoms with Crippen molar-refractivity contribution >= 4 is 17.6 Å². The normalized spacial score (nSPS) is 16.9. The van der Waals surface area contributed by atoms with Gasteiger partial charge in [-0.2, -0.15) is 0 Å². The van der Waals surface area contributed by atoms with Gasteiger partial charge in [0.2, 0.25) is 0 Å². The smallest absolute Gasteiger partial charge is 0.317 e. The number of carbonyl (C=O) groups is 2. The molecule has 11 nitrogen and oxygen atoms in total. The number of nitrogens with zero attached hydrogens (tertiary/aromatic N) is 7. The summed E-state index contributed by atoms with van der Waals surface area (Å²) in [5.41, 5.74) is 8.53. The van der Waals surface area contributed by atoms with Gasteiger partial charge >= 0.3 is 6.03 Å². The average Bonchev–Trinajstić information content (AvgIpc) is 3.61. The van der Waals surface area contributed by atoms with Crippen LogP contribution >= 0.6 is 0 Å². The molecule has 6 heterocycles. The van der Waals surface area contributed by atoms with E-state index in [-0.39, 0.29) is 23.5 Å². The molecular formula is C52H74N8O3. The zero-order valence-corrected chi connectivity index (χ0v) is 39.8. The summed E-state index contributed by atoms with van der Waals surface area (Å²) in [6, 6.07) is 24.6. The molecule has 2 fully saturated rings. The van der Waals surface area contributed by atoms with Crippen molar-refractivity contribution in [1.82, 2.24) is 34.6 Å². The van der Waals surface area contributed by atoms with Gasteiger partial charge in [-0.15, -0.1) is 0 Å². The van der Waals surface area contributed by atoms with Gasteiger partial charge in [-0.1, -0.05) is 55.6 Å². The molecule has 8 rings (SSSR count). The highest BCUT2D eigenvalue weighted by Crippen LogP contribution is 2.34. The molecule has 4 aliphatic heterocycles. The van der Waals surface area contributed by atoms with Gasteiger partial charge in [-0.25, -0.2) is 4.79 Å². The molecule has 11 heteroatoms. The van der Waals surface area contributed by atoms with Gasteiger partial charge in [0.1, 0.15) is 0 Å². The predicted octanol–water partition coefficient (Wildman–Crippen LogP) is 10.2. The molecule has 0 bridgehead atoms. The first-order valence-electron chi connectivity index (χ1n) is 22.9. The van der Waals surface area contributed by atoms with Gasteiger partial charge in [0.05, 0.1) is 6.20 Å². The number of rotatable bonds is 6. The molecule has 2 aromatic carbocycles. The maximum Gasteiger partial charge on any atom is 0.317 e. The van der Waals surface area contributed by atoms with Crippen LogP contribution in [-0.4, -0.2) is 85.0 Å². The fourth-order valence-electron chi connectivity index (χ4n) is 8.17. The van der Waals surface area contributed by atoms with E-state index in [9.17, 15) is 14.4 Å². The van der Waals surface area contributed by atoms with Crippen molar-refractivity contribution in [1.29, 1.82) is 0 Å². The van der Waals surface area contributed by atoms with Crippen molar-refractivity contribution in [2.45, 2.75) is 144 Å². The zero-order valence-electron chi connectivity index (χ0n) is 39.8. The first-order valence-corrected chi connectivity index (χ1v) is 22.9. The minimum Gasteiger partial charge on any atom is -0.372 e. The second-order valence-corrected chi connectivity index (χ2v) is 17.9. The Balaban J connectivity index is 0.000000175. The zero-order chi connectivity index (χ0) is 46.2. The van der Waals surface area contributed by atoms with Gasteiger partial charge in [0.15, 0.2) is 0 Å². The van der Waals surface area contributed by atoms with Gasteiger partial charge < -0.3 is 29.5 Å². The molecule has 2 saturated heterocycles. The lowest BCUT2D eigenvalue weighted by Gasteiger charge is -2.38. The number of carbonyl (C=O) groups excluding carboxylic acids is 2. The first-order chi connectivity index (χ1) is 30.0. The van der Waals surface area contributed by atoms with E-state index < -0.39 is 0 Å². The van der Waals surface area contributed by atoms with Gasteiger partial charge in [-0.05, 0) is 137 Å². The fraction of sp³-hybridized carbons (Fsp3) is 0.481. The van der Waals surface area contributed by atoms with E-state index in [0.717, 1.165) is 63.0 Å². The summed E-state index contributed by atoms with van der Waals surface area (Å²) in [5.74, 6) is 0.736. The maximum atomic E-state index is 11.8. The number of hydrogen-bond acceptors (Lipinski definition) is 7. The van der Waals surface area contributed by atoms with E-state index in [1.165, 1.54) is 41.0 Å². The van der Waals surface area contributed by atoms with Crippen LogP contribution in [0.25, 0.3) is 0 Å². The lowest BCUT2D eigenvalue weighted by molar-refractivity contribution is 0.0730. The van der Waals surface area contributed by atoms with Crippen LogP contribution in [0.4, 0.5) is 10.5 Å². The van der Waals surface area contributed by atoms with Crippen LogP contribution in [-0.2, 0) is 13.0 Å². The Bertz CT molecular complexity index is 2140. The van der Waals surface area contributed by atoms with Crippen LogP contribution in [0, 0.1) is 0 Å². The van der Waals surface area contributed by atoms with Crippen LogP contribution in [0.2, 0.25) is 0 Å². The average molecular weight is 859 g/mol. The SMILES string of the molecule is C=C1CCC(c2ccccn2)CN1C(C)C.C=C1CCc2ccccc2N1C(C)C.CC(C)N1CCCNC1=O.CC(C)N1Cc2ccccc2C1=O.CC(C)n1ccncc1=O. The Morgan fingerprint density at radius 2 is 1.32 bits per heavy atom. The third-order valence-electron chi connectivity index (χ3n) is 11.6. The number of allylic oxidation sites excluding steroid dienone is 2. The molecule has 0 aliphatic carbocycles. The van der Waals surface area contributed by atoms with Gasteiger partial charge in [0, 0.05) is 109 Å². The molecule has 1 atom stereocenters. The van der Waals surface area contributed by atoms with Crippen LogP contribution < -0.4 is 15.8 Å². The first kappa shape index (κ1) is 49.9. The minimum absolute atomic E-state index is 0.0440. The van der Waals surface area contributed by atoms with Crippen molar-refractivity contribution in [3.63, 3.8) is 0 Å². The number of urea groups is 1. The number of para-hydroxylation sites is 1. The lowest BCUT2D eigenvalue weighted by Crippen LogP contribution is -2.49. The summed E-state index contributed by atoms with van der Waals surface area (Å²) in [5, 5.41) is 2.80. The minimum atomic E-state index is -0.0440. The molecule has 0 saturated carbocycles. The standard InChI is InChI=1S/C14H20N2.C13H17N.C11H13NO.C7H10N2O.C7H14N2O/c1-11(2)16-10-13(8-7-12(16)3)14-6-4-5-9-15-14;1-10(2)14-11(3)8-9-12-6-4-5-7-13(12)14;1-8(2)12-7-9-5-3-4-6-10(9)11(12)13;1-6(2)9-4-3-8-5-7(9)10;1-6(2)9-5-3-4-8-7(9)10/h4-6,9,11,13H,3,7-8,10H2,1-2H3;4-7,10H,3,8-9H2,1-2H3;3-6,8H,7H2,1-2H3;3-6H,1-2H3;6H,3-5H2,1-2H3,(H,8,10). The maximum absolute atomic E-state index is 11.8. The summed E-state index contributed by atoms with van der Waals surface area (Å²) in [6.07, 6.45) is 12.1. The number of aromatic nitrogens is 3. The molecule has 2 aromatic heterocycles. The van der Waals surface area contributed by atoms with Crippen molar-refractivity contribution in [3.8, 4) is 0 Å². The third-order valence-corrected chi connectivity index (χ3v) is 11.6. The number of fused-ring (bicyclic) bond motifs is 2. The molecule has 4 aliphatic rings. The van der Waals surface area contributed by atoms with Gasteiger partial charge in [-0.3, -0.25) is 19.6 Å². The predicted molar refractivity (Wildman–Crippen MR) is 259 cm³/mol. The lowest BCUT2D eigenvalue weighted by atomic mass is 9.92. The highest BCUT2D eigenvalue weighted by Gasteiger charge is 2.28. The summed E-state index contributed by atoms with van der Waals surface area (Å²) in [6.45, 7) is 32.8. The number of aryl methyl sites for hydroxylation is 1. The Morgan fingerprint density at radius 1 is 0.667 bits per heavy atom. The number of anilines is 1. The highest BCUT2D eigenvalue weighted by atomic mass is 16.2. The monoisotopic (exact) mass is 859 g/mol. The van der Waals surface area contributed by atoms with Crippen molar-refractivity contribution in [2.24, 2.45) is 0 Å². The molecule has 3 amide bonds. The number of hydrogen-bond donors (Lipinski definition) is 1. The topological polar surface area (TPSA) is 107 Å². The second kappa shape index (κ2) is 24.2. The molecule has 1 N–H and O–H groups in total. The number of nitrogens with one attached hydrogen (secondary N) is 1. The number of pyridine rings is 1. The molecular weight excluding hydrogens is 785 g/mol. The summed E-state index contributed by atoms with van der Waals surface area (Å²) in [7, 11) is 0. The van der Waals surface area contributed by atoms with E-state index in [1.54, 1.807) is 17.0 Å². The van der Waals surface area contributed by atoms with E-state index in [0.29, 0.717) is 30.1 Å². The van der Waals surface area contributed by atoms with E-state index in [2.05, 4.69) is 102 Å². The molecule has 63 heavy (non-hydrogen) atoms. The van der Waals surface area contributed by atoms with Crippen LogP contribution in [0.1, 0.15) is 134 Å². The van der Waals surface area contributed by atoms with Crippen LogP contribution in [0.5, 0.6) is 0 Å². The number of amides is 3. The fourth-order valence-corrected chi connectivity index (χ4v) is 8.17. The van der Waals surface area contributed by atoms with Crippen molar-refractivity contribution in [3.05, 3.63) is 149 Å². The Labute approximate surface area is 377 Å². The quantitative estimate of drug-likeness (QED) is 0.206. The third kappa shape index (κ3) is 14.1. The van der Waals surface area contributed by atoms with Crippen molar-refractivity contribution < 1.29 is 9.59 Å². The largest absolute Gasteiger partial charge is 0.372 e. The molecule has 1 unspecified atom stereocenters. The Morgan fingerprint density at radius 3 is 1.87 bits per heavy atom. The number of likely N-dealkylation sites (tertiary alicyclic amines) is 1. The van der Waals surface area contributed by atoms with Gasteiger partial charge in [0.25, 0.3) is 11.5 Å². The Kier molecular flexibility index (Phi) is 19.2. The van der Waals surface area contributed by atoms with E-state index >= 15 is 0 Å². The van der Waals surface area contributed by atoms with E-state index in [4.69, 9.17) is 0 Å². The number of benzene rings is 2. The van der Waals surface area contributed by atoms with E-state index in [1.807, 2.05) is 87.9 Å². The molecule has 4 aromatic rings. The van der Waals surface area contributed by atoms with Crippen LogP contribution in [0.3, 0.4) is 0 Å². The van der Waals surface area contributed by atoms with Crippen LogP contribution in [0.15, 0.2) is 121 Å². The summed E-state index contributed by atoms with van der Waals surface area (Å²) >= 11 is 0. The highest BCUT2D eigenvalue weighted by molar-refractivity contribution is 5.98. The summed E-state index contributed by atoms with van der Waals surface area (Å²) in [4.78, 5) is 50.4. The summed E-state index contributed by atoms with van der Waals surface area (Å²) < 4.78 is 1.63. The molecule has 0 radical (unpaired) electrons. The molecule has 340 valence electrons. The Hall–Kier alpha value is -5.71. The second-order valence-electron chi connectivity index (χ2n) is 17.9. The molecule has 0 spiro atoms. The van der Waals surface area contributed by atoms with Crippen molar-refractivity contribution in [2.75, 3.05) is 24.5 Å². The number of piperidine rings is 1.